The molecule has 0 bridgehead atoms. The number of non-ortho nitro benzene ring substituents is 1. The minimum absolute atomic E-state index is 0.0361. The summed E-state index contributed by atoms with van der Waals surface area (Å²) < 4.78 is 0. The zero-order valence-electron chi connectivity index (χ0n) is 8.75. The summed E-state index contributed by atoms with van der Waals surface area (Å²) in [6, 6.07) is 10.2. The van der Waals surface area contributed by atoms with E-state index in [0.29, 0.717) is 10.9 Å². The molecule has 0 heterocycles. The van der Waals surface area contributed by atoms with Gasteiger partial charge in [0.25, 0.3) is 5.69 Å². The largest absolute Gasteiger partial charge is 0.389 e. The molecule has 0 aromatic heterocycles. The third-order valence-electron chi connectivity index (χ3n) is 2.56. The first-order valence-electron chi connectivity index (χ1n) is 4.95. The van der Waals surface area contributed by atoms with Crippen LogP contribution in [0, 0.1) is 10.1 Å². The van der Waals surface area contributed by atoms with E-state index < -0.39 is 11.0 Å². The number of rotatable bonds is 2. The summed E-state index contributed by atoms with van der Waals surface area (Å²) in [5, 5.41) is 21.8. The molecule has 0 saturated heterocycles. The summed E-state index contributed by atoms with van der Waals surface area (Å²) in [4.78, 5) is 10.5. The lowest BCUT2D eigenvalue weighted by Gasteiger charge is -2.09. The molecule has 4 heteroatoms. The molecular formula is C12H11NO3. The second kappa shape index (κ2) is 3.90. The Morgan fingerprint density at radius 2 is 1.88 bits per heavy atom. The minimum Gasteiger partial charge on any atom is -0.389 e. The molecule has 0 spiro atoms. The highest BCUT2D eigenvalue weighted by Crippen LogP contribution is 2.31. The zero-order chi connectivity index (χ0) is 11.7. The minimum atomic E-state index is -0.718. The molecule has 82 valence electrons. The third-order valence-corrected chi connectivity index (χ3v) is 2.56. The smallest absolute Gasteiger partial charge is 0.277 e. The van der Waals surface area contributed by atoms with Crippen LogP contribution in [0.3, 0.4) is 0 Å². The molecule has 0 aliphatic heterocycles. The fourth-order valence-corrected chi connectivity index (χ4v) is 1.85. The summed E-state index contributed by atoms with van der Waals surface area (Å²) >= 11 is 0. The van der Waals surface area contributed by atoms with Crippen LogP contribution in [0.15, 0.2) is 36.4 Å². The van der Waals surface area contributed by atoms with Gasteiger partial charge in [-0.15, -0.1) is 0 Å². The molecule has 2 aromatic rings. The van der Waals surface area contributed by atoms with Crippen molar-refractivity contribution < 1.29 is 10.0 Å². The Morgan fingerprint density at radius 3 is 2.44 bits per heavy atom. The van der Waals surface area contributed by atoms with Gasteiger partial charge >= 0.3 is 0 Å². The van der Waals surface area contributed by atoms with Crippen molar-refractivity contribution in [2.45, 2.75) is 13.0 Å². The summed E-state index contributed by atoms with van der Waals surface area (Å²) in [6.07, 6.45) is -0.718. The van der Waals surface area contributed by atoms with Crippen molar-refractivity contribution in [2.24, 2.45) is 0 Å². The van der Waals surface area contributed by atoms with Crippen molar-refractivity contribution in [3.8, 4) is 0 Å². The van der Waals surface area contributed by atoms with Gasteiger partial charge < -0.3 is 5.11 Å². The molecule has 2 aromatic carbocycles. The summed E-state index contributed by atoms with van der Waals surface area (Å²) in [5.41, 5.74) is 0.624. The first-order valence-corrected chi connectivity index (χ1v) is 4.95. The van der Waals surface area contributed by atoms with Gasteiger partial charge in [-0.3, -0.25) is 10.1 Å². The molecule has 2 rings (SSSR count). The predicted molar refractivity (Wildman–Crippen MR) is 61.2 cm³/mol. The first kappa shape index (κ1) is 10.6. The lowest BCUT2D eigenvalue weighted by molar-refractivity contribution is -0.383. The van der Waals surface area contributed by atoms with E-state index in [9.17, 15) is 15.2 Å². The van der Waals surface area contributed by atoms with Crippen LogP contribution in [0.4, 0.5) is 5.69 Å². The van der Waals surface area contributed by atoms with Crippen LogP contribution in [0.5, 0.6) is 0 Å². The molecule has 16 heavy (non-hydrogen) atoms. The number of fused-ring (bicyclic) bond motifs is 1. The van der Waals surface area contributed by atoms with Gasteiger partial charge in [-0.2, -0.15) is 0 Å². The summed E-state index contributed by atoms with van der Waals surface area (Å²) in [5.74, 6) is 0. The SMILES string of the molecule is CC(O)c1cccc2cccc([N+](=O)[O-])c12. The quantitative estimate of drug-likeness (QED) is 0.621. The number of hydrogen-bond acceptors (Lipinski definition) is 3. The van der Waals surface area contributed by atoms with Gasteiger partial charge in [-0.25, -0.2) is 0 Å². The third kappa shape index (κ3) is 1.63. The molecule has 0 amide bonds. The topological polar surface area (TPSA) is 63.4 Å². The van der Waals surface area contributed by atoms with Gasteiger partial charge in [0.2, 0.25) is 0 Å². The average molecular weight is 217 g/mol. The lowest BCUT2D eigenvalue weighted by Crippen LogP contribution is -1.96. The van der Waals surface area contributed by atoms with Crippen molar-refractivity contribution in [3.05, 3.63) is 52.1 Å². The zero-order valence-corrected chi connectivity index (χ0v) is 8.75. The predicted octanol–water partition coefficient (Wildman–Crippen LogP) is 2.80. The Morgan fingerprint density at radius 1 is 1.25 bits per heavy atom. The van der Waals surface area contributed by atoms with E-state index in [0.717, 1.165) is 5.39 Å². The monoisotopic (exact) mass is 217 g/mol. The van der Waals surface area contributed by atoms with Crippen LogP contribution in [0.25, 0.3) is 10.8 Å². The normalized spacial score (nSPS) is 12.6. The Balaban J connectivity index is 2.87. The number of aliphatic hydroxyl groups excluding tert-OH is 1. The van der Waals surface area contributed by atoms with Crippen LogP contribution in [-0.4, -0.2) is 10.0 Å². The molecule has 1 N–H and O–H groups in total. The number of hydrogen-bond donors (Lipinski definition) is 1. The van der Waals surface area contributed by atoms with E-state index in [1.165, 1.54) is 6.07 Å². The molecule has 0 aliphatic carbocycles. The van der Waals surface area contributed by atoms with Gasteiger partial charge in [-0.1, -0.05) is 30.3 Å². The highest BCUT2D eigenvalue weighted by Gasteiger charge is 2.16. The maximum absolute atomic E-state index is 10.9. The van der Waals surface area contributed by atoms with Crippen LogP contribution in [0.1, 0.15) is 18.6 Å². The molecule has 4 nitrogen and oxygen atoms in total. The van der Waals surface area contributed by atoms with E-state index in [4.69, 9.17) is 0 Å². The molecular weight excluding hydrogens is 206 g/mol. The Bertz CT molecular complexity index is 544. The van der Waals surface area contributed by atoms with Crippen molar-refractivity contribution >= 4 is 16.5 Å². The second-order valence-corrected chi connectivity index (χ2v) is 3.66. The Labute approximate surface area is 92.3 Å². The number of benzene rings is 2. The van der Waals surface area contributed by atoms with Gasteiger partial charge in [0.1, 0.15) is 0 Å². The van der Waals surface area contributed by atoms with Crippen LogP contribution in [-0.2, 0) is 0 Å². The molecule has 1 atom stereocenters. The van der Waals surface area contributed by atoms with Gasteiger partial charge in [0.05, 0.1) is 16.4 Å². The summed E-state index contributed by atoms with van der Waals surface area (Å²) in [7, 11) is 0. The molecule has 0 saturated carbocycles. The van der Waals surface area contributed by atoms with Crippen LogP contribution < -0.4 is 0 Å². The highest BCUT2D eigenvalue weighted by atomic mass is 16.6. The Kier molecular flexibility index (Phi) is 2.58. The van der Waals surface area contributed by atoms with Gasteiger partial charge in [-0.05, 0) is 17.9 Å². The van der Waals surface area contributed by atoms with Crippen LogP contribution in [0.2, 0.25) is 0 Å². The molecule has 0 fully saturated rings. The van der Waals surface area contributed by atoms with Crippen molar-refractivity contribution in [2.75, 3.05) is 0 Å². The standard InChI is InChI=1S/C12H11NO3/c1-8(14)10-6-2-4-9-5-3-7-11(12(9)10)13(15)16/h2-8,14H,1H3. The molecule has 0 radical (unpaired) electrons. The van der Waals surface area contributed by atoms with E-state index in [-0.39, 0.29) is 5.69 Å². The molecule has 1 unspecified atom stereocenters. The number of nitro groups is 1. The van der Waals surface area contributed by atoms with E-state index in [1.54, 1.807) is 37.3 Å². The first-order chi connectivity index (χ1) is 7.61. The van der Waals surface area contributed by atoms with E-state index in [2.05, 4.69) is 0 Å². The van der Waals surface area contributed by atoms with Crippen molar-refractivity contribution in [3.63, 3.8) is 0 Å². The number of nitro benzene ring substituents is 1. The van der Waals surface area contributed by atoms with E-state index >= 15 is 0 Å². The fraction of sp³-hybridized carbons (Fsp3) is 0.167. The van der Waals surface area contributed by atoms with Crippen LogP contribution >= 0.6 is 0 Å². The maximum Gasteiger partial charge on any atom is 0.277 e. The van der Waals surface area contributed by atoms with Gasteiger partial charge in [0, 0.05) is 6.07 Å². The lowest BCUT2D eigenvalue weighted by atomic mass is 10.00. The number of aliphatic hydroxyl groups is 1. The van der Waals surface area contributed by atoms with E-state index in [1.807, 2.05) is 0 Å². The molecule has 0 aliphatic rings. The second-order valence-electron chi connectivity index (χ2n) is 3.66. The van der Waals surface area contributed by atoms with Gasteiger partial charge in [0.15, 0.2) is 0 Å². The maximum atomic E-state index is 10.9. The fourth-order valence-electron chi connectivity index (χ4n) is 1.85. The summed E-state index contributed by atoms with van der Waals surface area (Å²) in [6.45, 7) is 1.60. The average Bonchev–Trinajstić information content (AvgIpc) is 2.27. The number of nitrogens with zero attached hydrogens (tertiary/aromatic N) is 1. The highest BCUT2D eigenvalue weighted by molar-refractivity contribution is 5.93. The van der Waals surface area contributed by atoms with Crippen molar-refractivity contribution in [1.82, 2.24) is 0 Å². The Hall–Kier alpha value is -1.94. The van der Waals surface area contributed by atoms with Crippen molar-refractivity contribution in [1.29, 1.82) is 0 Å².